The summed E-state index contributed by atoms with van der Waals surface area (Å²) in [4.78, 5) is 7.73. The first kappa shape index (κ1) is 17.1. The summed E-state index contributed by atoms with van der Waals surface area (Å²) in [6.45, 7) is -0.0774. The maximum Gasteiger partial charge on any atom is 0.241 e. The molecule has 5 nitrogen and oxygen atoms in total. The van der Waals surface area contributed by atoms with Crippen LogP contribution in [0.4, 0.5) is 8.78 Å². The zero-order chi connectivity index (χ0) is 17.9. The lowest BCUT2D eigenvalue weighted by molar-refractivity contribution is 0.561. The van der Waals surface area contributed by atoms with Crippen molar-refractivity contribution in [3.8, 4) is 11.3 Å². The number of rotatable bonds is 5. The van der Waals surface area contributed by atoms with E-state index >= 15 is 0 Å². The minimum atomic E-state index is -4.07. The Hall–Kier alpha value is -2.71. The molecule has 1 aromatic carbocycles. The number of aromatic nitrogens is 2. The molecule has 0 saturated heterocycles. The Labute approximate surface area is 143 Å². The van der Waals surface area contributed by atoms with Crippen molar-refractivity contribution in [3.05, 3.63) is 78.3 Å². The number of sulfonamides is 1. The number of benzene rings is 1. The number of hydrogen-bond donors (Lipinski definition) is 1. The zero-order valence-corrected chi connectivity index (χ0v) is 13.7. The highest BCUT2D eigenvalue weighted by Crippen LogP contribution is 2.21. The average molecular weight is 361 g/mol. The topological polar surface area (TPSA) is 72.0 Å². The van der Waals surface area contributed by atoms with Crippen LogP contribution in [0.25, 0.3) is 11.3 Å². The molecule has 0 unspecified atom stereocenters. The fraction of sp³-hybridized carbons (Fsp3) is 0.0588. The molecule has 0 bridgehead atoms. The lowest BCUT2D eigenvalue weighted by Crippen LogP contribution is -2.24. The maximum atomic E-state index is 13.3. The third-order valence-corrected chi connectivity index (χ3v) is 4.82. The van der Waals surface area contributed by atoms with Crippen molar-refractivity contribution in [3.63, 3.8) is 0 Å². The van der Waals surface area contributed by atoms with E-state index in [1.807, 2.05) is 0 Å². The highest BCUT2D eigenvalue weighted by Gasteiger charge is 2.17. The van der Waals surface area contributed by atoms with Crippen LogP contribution in [0.2, 0.25) is 0 Å². The Kier molecular flexibility index (Phi) is 4.82. The Morgan fingerprint density at radius 1 is 0.960 bits per heavy atom. The van der Waals surface area contributed by atoms with Gasteiger partial charge in [0.15, 0.2) is 0 Å². The second-order valence-corrected chi connectivity index (χ2v) is 6.94. The second kappa shape index (κ2) is 7.04. The third kappa shape index (κ3) is 4.04. The summed E-state index contributed by atoms with van der Waals surface area (Å²) < 4.78 is 53.4. The minimum absolute atomic E-state index is 0.0774. The Morgan fingerprint density at radius 2 is 1.64 bits per heavy atom. The summed E-state index contributed by atoms with van der Waals surface area (Å²) in [6, 6.07) is 9.04. The van der Waals surface area contributed by atoms with Crippen molar-refractivity contribution in [1.82, 2.24) is 14.7 Å². The molecule has 0 aliphatic heterocycles. The first-order chi connectivity index (χ1) is 12.0. The number of pyridine rings is 2. The van der Waals surface area contributed by atoms with Crippen LogP contribution in [0.5, 0.6) is 0 Å². The summed E-state index contributed by atoms with van der Waals surface area (Å²) in [5.74, 6) is -1.92. The Balaban J connectivity index is 1.87. The van der Waals surface area contributed by atoms with Crippen LogP contribution in [0.3, 0.4) is 0 Å². The molecule has 0 aliphatic carbocycles. The van der Waals surface area contributed by atoms with Crippen LogP contribution in [-0.4, -0.2) is 18.4 Å². The van der Waals surface area contributed by atoms with E-state index in [2.05, 4.69) is 14.7 Å². The molecule has 2 aromatic heterocycles. The molecule has 3 aromatic rings. The van der Waals surface area contributed by atoms with Crippen molar-refractivity contribution in [2.24, 2.45) is 0 Å². The Bertz CT molecular complexity index is 976. The fourth-order valence-corrected chi connectivity index (χ4v) is 3.34. The van der Waals surface area contributed by atoms with Crippen LogP contribution >= 0.6 is 0 Å². The molecule has 0 aliphatic rings. The minimum Gasteiger partial charge on any atom is -0.265 e. The van der Waals surface area contributed by atoms with Gasteiger partial charge in [0, 0.05) is 36.8 Å². The molecule has 8 heteroatoms. The van der Waals surface area contributed by atoms with Gasteiger partial charge < -0.3 is 0 Å². The zero-order valence-electron chi connectivity index (χ0n) is 12.9. The number of hydrogen-bond acceptors (Lipinski definition) is 4. The molecular weight excluding hydrogens is 348 g/mol. The van der Waals surface area contributed by atoms with Crippen molar-refractivity contribution in [1.29, 1.82) is 0 Å². The highest BCUT2D eigenvalue weighted by molar-refractivity contribution is 7.89. The van der Waals surface area contributed by atoms with Crippen LogP contribution in [-0.2, 0) is 16.6 Å². The van der Waals surface area contributed by atoms with Crippen LogP contribution < -0.4 is 4.72 Å². The molecule has 0 radical (unpaired) electrons. The summed E-state index contributed by atoms with van der Waals surface area (Å²) in [6.07, 6.45) is 4.80. The van der Waals surface area contributed by atoms with Gasteiger partial charge in [0.1, 0.15) is 11.6 Å². The first-order valence-electron chi connectivity index (χ1n) is 7.26. The van der Waals surface area contributed by atoms with Gasteiger partial charge in [0.2, 0.25) is 10.0 Å². The number of nitrogens with one attached hydrogen (secondary N) is 1. The SMILES string of the molecule is O=S(=O)(NCc1cccnc1-c1ccncc1)c1cc(F)cc(F)c1. The van der Waals surface area contributed by atoms with Crippen LogP contribution in [0.15, 0.2) is 66.0 Å². The van der Waals surface area contributed by atoms with E-state index in [1.165, 1.54) is 0 Å². The molecule has 128 valence electrons. The molecule has 0 spiro atoms. The van der Waals surface area contributed by atoms with Crippen molar-refractivity contribution in [2.75, 3.05) is 0 Å². The lowest BCUT2D eigenvalue weighted by atomic mass is 10.1. The van der Waals surface area contributed by atoms with Crippen molar-refractivity contribution < 1.29 is 17.2 Å². The molecule has 3 rings (SSSR count). The molecule has 1 N–H and O–H groups in total. The van der Waals surface area contributed by atoms with Gasteiger partial charge in [-0.3, -0.25) is 9.97 Å². The first-order valence-corrected chi connectivity index (χ1v) is 8.74. The van der Waals surface area contributed by atoms with Gasteiger partial charge >= 0.3 is 0 Å². The third-order valence-electron chi connectivity index (χ3n) is 3.44. The quantitative estimate of drug-likeness (QED) is 0.758. The molecular formula is C17H13F2N3O2S. The summed E-state index contributed by atoms with van der Waals surface area (Å²) in [5, 5.41) is 0. The van der Waals surface area contributed by atoms with E-state index in [0.29, 0.717) is 17.3 Å². The monoisotopic (exact) mass is 361 g/mol. The highest BCUT2D eigenvalue weighted by atomic mass is 32.2. The van der Waals surface area contributed by atoms with Crippen LogP contribution in [0.1, 0.15) is 5.56 Å². The second-order valence-electron chi connectivity index (χ2n) is 5.18. The number of halogens is 2. The van der Waals surface area contributed by atoms with Crippen LogP contribution in [0, 0.1) is 11.6 Å². The van der Waals surface area contributed by atoms with E-state index in [9.17, 15) is 17.2 Å². The molecule has 2 heterocycles. The van der Waals surface area contributed by atoms with Gasteiger partial charge in [-0.1, -0.05) is 6.07 Å². The van der Waals surface area contributed by atoms with Gasteiger partial charge in [0.05, 0.1) is 10.6 Å². The van der Waals surface area contributed by atoms with Crippen molar-refractivity contribution in [2.45, 2.75) is 11.4 Å². The fourth-order valence-electron chi connectivity index (χ4n) is 2.29. The summed E-state index contributed by atoms with van der Waals surface area (Å²) in [5.41, 5.74) is 1.99. The van der Waals surface area contributed by atoms with E-state index < -0.39 is 26.6 Å². The summed E-state index contributed by atoms with van der Waals surface area (Å²) in [7, 11) is -4.07. The predicted octanol–water partition coefficient (Wildman–Crippen LogP) is 2.90. The maximum absolute atomic E-state index is 13.3. The molecule has 0 atom stereocenters. The average Bonchev–Trinajstić information content (AvgIpc) is 2.60. The van der Waals surface area contributed by atoms with Gasteiger partial charge in [-0.2, -0.15) is 0 Å². The van der Waals surface area contributed by atoms with E-state index in [1.54, 1.807) is 42.9 Å². The van der Waals surface area contributed by atoms with Gasteiger partial charge in [-0.05, 0) is 35.9 Å². The molecule has 0 saturated carbocycles. The van der Waals surface area contributed by atoms with Gasteiger partial charge in [-0.25, -0.2) is 21.9 Å². The van der Waals surface area contributed by atoms with E-state index in [0.717, 1.165) is 17.7 Å². The predicted molar refractivity (Wildman–Crippen MR) is 87.9 cm³/mol. The number of nitrogens with zero attached hydrogens (tertiary/aromatic N) is 2. The van der Waals surface area contributed by atoms with Gasteiger partial charge in [0.25, 0.3) is 0 Å². The largest absolute Gasteiger partial charge is 0.265 e. The Morgan fingerprint density at radius 3 is 2.32 bits per heavy atom. The standard InChI is InChI=1S/C17H13F2N3O2S/c18-14-8-15(19)10-16(9-14)25(23,24)22-11-13-2-1-5-21-17(13)12-3-6-20-7-4-12/h1-10,22H,11H2. The normalized spacial score (nSPS) is 11.4. The van der Waals surface area contributed by atoms with E-state index in [4.69, 9.17) is 0 Å². The lowest BCUT2D eigenvalue weighted by Gasteiger charge is -2.10. The summed E-state index contributed by atoms with van der Waals surface area (Å²) >= 11 is 0. The van der Waals surface area contributed by atoms with Crippen molar-refractivity contribution >= 4 is 10.0 Å². The van der Waals surface area contributed by atoms with E-state index in [-0.39, 0.29) is 6.54 Å². The smallest absolute Gasteiger partial charge is 0.241 e. The molecule has 25 heavy (non-hydrogen) atoms. The molecule has 0 amide bonds. The molecule has 0 fully saturated rings. The van der Waals surface area contributed by atoms with Gasteiger partial charge in [-0.15, -0.1) is 0 Å².